The molecule has 0 saturated carbocycles. The van der Waals surface area contributed by atoms with Gasteiger partial charge < -0.3 is 0 Å². The zero-order chi connectivity index (χ0) is 2.00. The lowest BCUT2D eigenvalue weighted by Gasteiger charge is -1.01. The monoisotopic (exact) mass is 114 g/mol. The van der Waals surface area contributed by atoms with Gasteiger partial charge in [-0.05, 0) is 0 Å². The van der Waals surface area contributed by atoms with E-state index in [1.807, 2.05) is 0 Å². The van der Waals surface area contributed by atoms with Gasteiger partial charge in [0.2, 0.25) is 0 Å². The van der Waals surface area contributed by atoms with Crippen LogP contribution in [0.1, 0.15) is 0 Å². The SMILES string of the molecule is F.F.F.FCl. The highest BCUT2D eigenvalue weighted by Gasteiger charge is 1.01. The van der Waals surface area contributed by atoms with Crippen LogP contribution in [0, 0.1) is 0 Å². The number of hydrogen-bond donors (Lipinski definition) is 0. The number of halogens is 5. The lowest BCUT2D eigenvalue weighted by atomic mass is 18.9. The third kappa shape index (κ3) is 162000. The molecule has 5 heteroatoms. The molecule has 0 bridgehead atoms. The van der Waals surface area contributed by atoms with Gasteiger partial charge in [0.15, 0.2) is 0 Å². The van der Waals surface area contributed by atoms with Crippen molar-refractivity contribution in [3.8, 4) is 0 Å². The van der Waals surface area contributed by atoms with Crippen LogP contribution < -0.4 is 0 Å². The summed E-state index contributed by atoms with van der Waals surface area (Å²) in [5.74, 6) is 0. The van der Waals surface area contributed by atoms with E-state index in [4.69, 9.17) is 3.98 Å². The largest absolute Gasteiger partial charge is 0.269 e. The predicted molar refractivity (Wildman–Crippen MR) is 14.5 cm³/mol. The van der Waals surface area contributed by atoms with E-state index < -0.39 is 0 Å². The molecule has 0 radical (unpaired) electrons. The summed E-state index contributed by atoms with van der Waals surface area (Å²) in [6.45, 7) is 0. The van der Waals surface area contributed by atoms with Crippen molar-refractivity contribution in [1.82, 2.24) is 0 Å². The maximum atomic E-state index is 8.97. The highest BCUT2D eigenvalue weighted by molar-refractivity contribution is 6.06. The fraction of sp³-hybridized carbons (Fsp3) is 0. The number of rotatable bonds is 0. The van der Waals surface area contributed by atoms with E-state index in [9.17, 15) is 0 Å². The van der Waals surface area contributed by atoms with Gasteiger partial charge in [0.05, 0.1) is 0 Å². The van der Waals surface area contributed by atoms with Crippen molar-refractivity contribution in [3.63, 3.8) is 0 Å². The van der Waals surface area contributed by atoms with Crippen molar-refractivity contribution in [2.45, 2.75) is 0 Å². The Labute approximate surface area is 31.3 Å². The van der Waals surface area contributed by atoms with Crippen LogP contribution in [0.15, 0.2) is 0 Å². The molecule has 0 atom stereocenters. The van der Waals surface area contributed by atoms with Crippen LogP contribution in [0.5, 0.6) is 0 Å². The molecular formula is H3ClF4. The van der Waals surface area contributed by atoms with Crippen LogP contribution in [0.3, 0.4) is 0 Å². The van der Waals surface area contributed by atoms with E-state index in [2.05, 4.69) is 12.0 Å². The molecule has 0 aliphatic carbocycles. The Morgan fingerprint density at radius 2 is 0.800 bits per heavy atom. The predicted octanol–water partition coefficient (Wildman–Crippen LogP) is 1.57. The molecular weight excluding hydrogens is 111 g/mol. The van der Waals surface area contributed by atoms with Gasteiger partial charge in [-0.3, -0.25) is 14.1 Å². The molecule has 5 heavy (non-hydrogen) atoms. The second-order valence-corrected chi connectivity index (χ2v) is 0. The van der Waals surface area contributed by atoms with Crippen molar-refractivity contribution in [2.24, 2.45) is 0 Å². The zero-order valence-electron chi connectivity index (χ0n) is 1.98. The molecule has 0 unspecified atom stereocenters. The number of hydrogen-bond acceptors (Lipinski definition) is 0. The molecule has 0 heterocycles. The molecule has 0 rings (SSSR count). The highest BCUT2D eigenvalue weighted by atomic mass is 35.5. The Kier molecular flexibility index (Phi) is 5740000. The smallest absolute Gasteiger partial charge is 0.116 e. The first kappa shape index (κ1) is 79.0. The Morgan fingerprint density at radius 3 is 0.800 bits per heavy atom. The summed E-state index contributed by atoms with van der Waals surface area (Å²) in [6, 6.07) is 0. The fourth-order valence-corrected chi connectivity index (χ4v) is 0. The van der Waals surface area contributed by atoms with Crippen LogP contribution in [0.4, 0.5) is 18.1 Å². The molecule has 0 spiro atoms. The van der Waals surface area contributed by atoms with Crippen molar-refractivity contribution in [1.29, 1.82) is 0 Å². The molecule has 0 nitrogen and oxygen atoms in total. The van der Waals surface area contributed by atoms with Gasteiger partial charge >= 0.3 is 0 Å². The normalized spacial score (nSPS) is 1.20. The summed E-state index contributed by atoms with van der Waals surface area (Å²) in [5.41, 5.74) is 0. The summed E-state index contributed by atoms with van der Waals surface area (Å²) < 4.78 is 8.97. The highest BCUT2D eigenvalue weighted by Crippen LogP contribution is 1.56. The lowest BCUT2D eigenvalue weighted by Crippen LogP contribution is -0.454. The first-order valence-corrected chi connectivity index (χ1v) is 0.429. The van der Waals surface area contributed by atoms with Crippen molar-refractivity contribution in [2.75, 3.05) is 0 Å². The van der Waals surface area contributed by atoms with Crippen molar-refractivity contribution >= 4 is 12.0 Å². The first-order chi connectivity index (χ1) is 1.00. The maximum Gasteiger partial charge on any atom is 0.116 e. The summed E-state index contributed by atoms with van der Waals surface area (Å²) >= 11 is 3.14. The second kappa shape index (κ2) is 363000. The minimum Gasteiger partial charge on any atom is -0.269 e. The maximum absolute atomic E-state index is 8.97. The van der Waals surface area contributed by atoms with Gasteiger partial charge in [-0.15, -0.1) is 3.98 Å². The van der Waals surface area contributed by atoms with Crippen LogP contribution in [0.2, 0.25) is 0 Å². The second-order valence-electron chi connectivity index (χ2n) is 0. The summed E-state index contributed by atoms with van der Waals surface area (Å²) in [4.78, 5) is 0. The van der Waals surface area contributed by atoms with Crippen molar-refractivity contribution < 1.29 is 18.1 Å². The third-order valence-corrected chi connectivity index (χ3v) is 0. The molecule has 0 fully saturated rings. The molecule has 0 N–H and O–H groups in total. The van der Waals surface area contributed by atoms with Gasteiger partial charge in [-0.1, -0.05) is 0 Å². The molecule has 0 amide bonds. The van der Waals surface area contributed by atoms with Crippen LogP contribution in [-0.4, -0.2) is 0 Å². The van der Waals surface area contributed by atoms with Crippen LogP contribution in [-0.2, 0) is 0 Å². The molecule has 0 aromatic carbocycles. The quantitative estimate of drug-likeness (QED) is 0.420. The first-order valence-electron chi connectivity index (χ1n) is 0.143. The minimum absolute atomic E-state index is 0. The topological polar surface area (TPSA) is 0 Å². The zero-order valence-corrected chi connectivity index (χ0v) is 2.74. The Hall–Kier alpha value is 0.01000. The average molecular weight is 114 g/mol. The van der Waals surface area contributed by atoms with E-state index >= 15 is 0 Å². The van der Waals surface area contributed by atoms with Gasteiger partial charge in [0.25, 0.3) is 0 Å². The van der Waals surface area contributed by atoms with Crippen LogP contribution >= 0.6 is 12.0 Å². The molecule has 38 valence electrons. The Balaban J connectivity index is -0.00000000167. The van der Waals surface area contributed by atoms with E-state index in [0.717, 1.165) is 0 Å². The van der Waals surface area contributed by atoms with Crippen LogP contribution in [0.25, 0.3) is 0 Å². The molecule has 0 aliphatic heterocycles. The van der Waals surface area contributed by atoms with E-state index in [1.54, 1.807) is 0 Å². The van der Waals surface area contributed by atoms with Gasteiger partial charge in [0, 0.05) is 0 Å². The average Bonchev–Trinajstić information content (AvgIpc) is 1.00. The minimum atomic E-state index is 0. The van der Waals surface area contributed by atoms with Crippen molar-refractivity contribution in [3.05, 3.63) is 0 Å². The van der Waals surface area contributed by atoms with Gasteiger partial charge in [0.1, 0.15) is 12.0 Å². The summed E-state index contributed by atoms with van der Waals surface area (Å²) in [6.07, 6.45) is 0. The van der Waals surface area contributed by atoms with Gasteiger partial charge in [-0.25, -0.2) is 0 Å². The molecule has 0 aromatic heterocycles. The lowest BCUT2D eigenvalue weighted by molar-refractivity contribution is 0.906. The summed E-state index contributed by atoms with van der Waals surface area (Å²) in [5, 5.41) is 0. The van der Waals surface area contributed by atoms with E-state index in [-0.39, 0.29) is 14.1 Å². The standard InChI is InChI=1S/ClF.3FH/c1-2;;;/h;3*1H. The molecule has 0 saturated heterocycles. The Bertz CT molecular complexity index is 3.61. The van der Waals surface area contributed by atoms with E-state index in [0.29, 0.717) is 0 Å². The summed E-state index contributed by atoms with van der Waals surface area (Å²) in [7, 11) is 0. The fourth-order valence-electron chi connectivity index (χ4n) is 0. The van der Waals surface area contributed by atoms with Gasteiger partial charge in [-0.2, -0.15) is 0 Å². The molecule has 0 aromatic rings. The molecule has 0 aliphatic rings. The van der Waals surface area contributed by atoms with E-state index in [1.165, 1.54) is 0 Å². The third-order valence-electron chi connectivity index (χ3n) is 0. The Morgan fingerprint density at radius 1 is 0.800 bits per heavy atom.